The maximum atomic E-state index is 6.18. The molecule has 0 spiro atoms. The molecular formula is C12H13ClN2OS. The van der Waals surface area contributed by atoms with Crippen molar-refractivity contribution in [2.24, 2.45) is 0 Å². The summed E-state index contributed by atoms with van der Waals surface area (Å²) in [7, 11) is 0. The molecule has 0 radical (unpaired) electrons. The summed E-state index contributed by atoms with van der Waals surface area (Å²) in [5, 5.41) is 3.44. The Hall–Kier alpha value is -0.710. The van der Waals surface area contributed by atoms with Crippen molar-refractivity contribution in [2.75, 3.05) is 6.61 Å². The van der Waals surface area contributed by atoms with Gasteiger partial charge in [0.2, 0.25) is 0 Å². The van der Waals surface area contributed by atoms with Crippen LogP contribution in [0.25, 0.3) is 10.2 Å². The predicted molar refractivity (Wildman–Crippen MR) is 69.6 cm³/mol. The lowest BCUT2D eigenvalue weighted by molar-refractivity contribution is -0.0758. The Morgan fingerprint density at radius 2 is 2.29 bits per heavy atom. The second kappa shape index (κ2) is 4.19. The number of rotatable bonds is 1. The van der Waals surface area contributed by atoms with Crippen LogP contribution in [-0.4, -0.2) is 16.6 Å². The van der Waals surface area contributed by atoms with E-state index in [0.717, 1.165) is 41.9 Å². The highest BCUT2D eigenvalue weighted by Crippen LogP contribution is 2.35. The van der Waals surface area contributed by atoms with Crippen molar-refractivity contribution >= 4 is 33.2 Å². The van der Waals surface area contributed by atoms with Crippen molar-refractivity contribution in [2.45, 2.75) is 31.8 Å². The van der Waals surface area contributed by atoms with Crippen LogP contribution in [0.2, 0.25) is 5.15 Å². The Balaban J connectivity index is 2.10. The molecule has 1 unspecified atom stereocenters. The Labute approximate surface area is 109 Å². The molecule has 0 N–H and O–H groups in total. The molecule has 1 saturated heterocycles. The lowest BCUT2D eigenvalue weighted by Crippen LogP contribution is -2.32. The van der Waals surface area contributed by atoms with E-state index in [1.54, 1.807) is 11.3 Å². The quantitative estimate of drug-likeness (QED) is 0.739. The monoisotopic (exact) mass is 268 g/mol. The number of hydrogen-bond acceptors (Lipinski definition) is 4. The van der Waals surface area contributed by atoms with E-state index in [4.69, 9.17) is 16.3 Å². The minimum atomic E-state index is -0.375. The van der Waals surface area contributed by atoms with E-state index in [1.165, 1.54) is 0 Å². The van der Waals surface area contributed by atoms with Crippen LogP contribution in [0.4, 0.5) is 0 Å². The Morgan fingerprint density at radius 3 is 3.06 bits per heavy atom. The number of thiophene rings is 1. The number of nitrogens with zero attached hydrogens (tertiary/aromatic N) is 2. The highest BCUT2D eigenvalue weighted by atomic mass is 35.5. The smallest absolute Gasteiger partial charge is 0.163 e. The third-order valence-electron chi connectivity index (χ3n) is 3.22. The number of fused-ring (bicyclic) bond motifs is 1. The van der Waals surface area contributed by atoms with Crippen LogP contribution >= 0.6 is 22.9 Å². The lowest BCUT2D eigenvalue weighted by atomic mass is 9.95. The average Bonchev–Trinajstić information content (AvgIpc) is 2.78. The van der Waals surface area contributed by atoms with Crippen LogP contribution in [0.3, 0.4) is 0 Å². The molecule has 3 rings (SSSR count). The summed E-state index contributed by atoms with van der Waals surface area (Å²) in [5.41, 5.74) is -0.375. The fraction of sp³-hybridized carbons (Fsp3) is 0.500. The van der Waals surface area contributed by atoms with E-state index in [9.17, 15) is 0 Å². The van der Waals surface area contributed by atoms with Crippen LogP contribution in [-0.2, 0) is 10.3 Å². The molecule has 2 aromatic heterocycles. The third kappa shape index (κ3) is 1.94. The van der Waals surface area contributed by atoms with Crippen LogP contribution in [0.5, 0.6) is 0 Å². The van der Waals surface area contributed by atoms with Gasteiger partial charge in [-0.05, 0) is 37.6 Å². The number of aromatic nitrogens is 2. The van der Waals surface area contributed by atoms with Crippen molar-refractivity contribution in [3.05, 3.63) is 22.4 Å². The topological polar surface area (TPSA) is 35.0 Å². The number of ether oxygens (including phenoxy) is 1. The Morgan fingerprint density at radius 1 is 1.41 bits per heavy atom. The minimum Gasteiger partial charge on any atom is -0.367 e. The highest BCUT2D eigenvalue weighted by Gasteiger charge is 2.33. The van der Waals surface area contributed by atoms with E-state index in [0.29, 0.717) is 5.15 Å². The van der Waals surface area contributed by atoms with Gasteiger partial charge in [-0.2, -0.15) is 0 Å². The van der Waals surface area contributed by atoms with E-state index in [1.807, 2.05) is 11.4 Å². The van der Waals surface area contributed by atoms with Gasteiger partial charge in [0.15, 0.2) is 5.82 Å². The predicted octanol–water partition coefficient (Wildman–Crippen LogP) is 3.76. The first-order chi connectivity index (χ1) is 8.19. The number of hydrogen-bond donors (Lipinski definition) is 0. The maximum Gasteiger partial charge on any atom is 0.163 e. The summed E-state index contributed by atoms with van der Waals surface area (Å²) in [4.78, 5) is 9.93. The zero-order valence-corrected chi connectivity index (χ0v) is 11.1. The number of halogens is 1. The molecule has 0 aromatic carbocycles. The van der Waals surface area contributed by atoms with Crippen molar-refractivity contribution < 1.29 is 4.74 Å². The standard InChI is InChI=1S/C12H13ClN2OS/c1-12(5-2-3-6-16-12)11-14-9(13)8-4-7-17-10(8)15-11/h4,7H,2-3,5-6H2,1H3. The Kier molecular flexibility index (Phi) is 2.81. The summed E-state index contributed by atoms with van der Waals surface area (Å²) in [6.45, 7) is 2.83. The highest BCUT2D eigenvalue weighted by molar-refractivity contribution is 7.16. The van der Waals surface area contributed by atoms with Gasteiger partial charge in [-0.15, -0.1) is 11.3 Å². The molecule has 1 fully saturated rings. The van der Waals surface area contributed by atoms with Gasteiger partial charge in [0.05, 0.1) is 0 Å². The second-order valence-electron chi connectivity index (χ2n) is 4.51. The molecule has 0 bridgehead atoms. The summed E-state index contributed by atoms with van der Waals surface area (Å²) >= 11 is 7.77. The second-order valence-corrected chi connectivity index (χ2v) is 5.77. The summed E-state index contributed by atoms with van der Waals surface area (Å²) < 4.78 is 5.85. The zero-order chi connectivity index (χ0) is 11.9. The molecule has 90 valence electrons. The largest absolute Gasteiger partial charge is 0.367 e. The average molecular weight is 269 g/mol. The molecule has 1 aliphatic rings. The zero-order valence-electron chi connectivity index (χ0n) is 9.57. The van der Waals surface area contributed by atoms with Crippen LogP contribution in [0.15, 0.2) is 11.4 Å². The van der Waals surface area contributed by atoms with Crippen molar-refractivity contribution in [3.8, 4) is 0 Å². The summed E-state index contributed by atoms with van der Waals surface area (Å²) in [6, 6.07) is 1.95. The van der Waals surface area contributed by atoms with Crippen LogP contribution in [0, 0.1) is 0 Å². The van der Waals surface area contributed by atoms with Crippen LogP contribution < -0.4 is 0 Å². The first kappa shape index (κ1) is 11.4. The first-order valence-corrected chi connectivity index (χ1v) is 7.00. The summed E-state index contributed by atoms with van der Waals surface area (Å²) in [5.74, 6) is 0.720. The Bertz CT molecular complexity index is 548. The first-order valence-electron chi connectivity index (χ1n) is 5.74. The van der Waals surface area contributed by atoms with Gasteiger partial charge in [-0.3, -0.25) is 0 Å². The molecule has 17 heavy (non-hydrogen) atoms. The molecule has 0 amide bonds. The normalized spacial score (nSPS) is 25.3. The van der Waals surface area contributed by atoms with Crippen molar-refractivity contribution in [1.82, 2.24) is 9.97 Å². The van der Waals surface area contributed by atoms with Gasteiger partial charge in [0.25, 0.3) is 0 Å². The fourth-order valence-corrected chi connectivity index (χ4v) is 3.22. The lowest BCUT2D eigenvalue weighted by Gasteiger charge is -2.32. The van der Waals surface area contributed by atoms with Gasteiger partial charge in [-0.25, -0.2) is 9.97 Å². The summed E-state index contributed by atoms with van der Waals surface area (Å²) in [6.07, 6.45) is 3.23. The SMILES string of the molecule is CC1(c2nc(Cl)c3ccsc3n2)CCCCO1. The van der Waals surface area contributed by atoms with Gasteiger partial charge < -0.3 is 4.74 Å². The van der Waals surface area contributed by atoms with Crippen LogP contribution in [0.1, 0.15) is 32.0 Å². The van der Waals surface area contributed by atoms with E-state index < -0.39 is 0 Å². The van der Waals surface area contributed by atoms with Gasteiger partial charge in [0.1, 0.15) is 15.6 Å². The van der Waals surface area contributed by atoms with E-state index in [2.05, 4.69) is 16.9 Å². The third-order valence-corrected chi connectivity index (χ3v) is 4.32. The molecule has 2 aromatic rings. The van der Waals surface area contributed by atoms with E-state index in [-0.39, 0.29) is 5.60 Å². The molecular weight excluding hydrogens is 256 g/mol. The van der Waals surface area contributed by atoms with Gasteiger partial charge in [0, 0.05) is 12.0 Å². The van der Waals surface area contributed by atoms with Gasteiger partial charge in [-0.1, -0.05) is 11.6 Å². The molecule has 5 heteroatoms. The molecule has 0 aliphatic carbocycles. The molecule has 1 aliphatic heterocycles. The van der Waals surface area contributed by atoms with Gasteiger partial charge >= 0.3 is 0 Å². The minimum absolute atomic E-state index is 0.375. The molecule has 3 heterocycles. The van der Waals surface area contributed by atoms with Crippen molar-refractivity contribution in [3.63, 3.8) is 0 Å². The van der Waals surface area contributed by atoms with Crippen molar-refractivity contribution in [1.29, 1.82) is 0 Å². The molecule has 3 nitrogen and oxygen atoms in total. The van der Waals surface area contributed by atoms with E-state index >= 15 is 0 Å². The molecule has 1 atom stereocenters. The fourth-order valence-electron chi connectivity index (χ4n) is 2.17. The maximum absolute atomic E-state index is 6.18. The molecule has 0 saturated carbocycles.